The van der Waals surface area contributed by atoms with E-state index in [4.69, 9.17) is 21.1 Å². The van der Waals surface area contributed by atoms with Crippen molar-refractivity contribution in [3.63, 3.8) is 0 Å². The number of methoxy groups -OCH3 is 1. The number of benzene rings is 3. The van der Waals surface area contributed by atoms with Crippen LogP contribution in [0.4, 0.5) is 11.4 Å². The van der Waals surface area contributed by atoms with Crippen molar-refractivity contribution < 1.29 is 19.1 Å². The number of fused-ring (bicyclic) bond motifs is 1. The molecule has 178 valence electrons. The van der Waals surface area contributed by atoms with Crippen LogP contribution in [0.25, 0.3) is 6.08 Å². The van der Waals surface area contributed by atoms with E-state index in [1.807, 2.05) is 53.4 Å². The van der Waals surface area contributed by atoms with Gasteiger partial charge in [-0.3, -0.25) is 9.59 Å². The third kappa shape index (κ3) is 4.81. The molecule has 0 spiro atoms. The van der Waals surface area contributed by atoms with E-state index in [-0.39, 0.29) is 17.6 Å². The Balaban J connectivity index is 1.28. The van der Waals surface area contributed by atoms with Crippen LogP contribution in [0.5, 0.6) is 11.5 Å². The van der Waals surface area contributed by atoms with Crippen molar-refractivity contribution in [1.29, 1.82) is 0 Å². The first-order valence-corrected chi connectivity index (χ1v) is 11.7. The summed E-state index contributed by atoms with van der Waals surface area (Å²) < 4.78 is 11.2. The van der Waals surface area contributed by atoms with Crippen LogP contribution in [0.1, 0.15) is 15.9 Å². The molecular formula is C27H24ClN3O4. The Labute approximate surface area is 208 Å². The number of anilines is 2. The van der Waals surface area contributed by atoms with Gasteiger partial charge in [0.25, 0.3) is 11.8 Å². The van der Waals surface area contributed by atoms with E-state index in [0.29, 0.717) is 54.0 Å². The van der Waals surface area contributed by atoms with Gasteiger partial charge < -0.3 is 24.6 Å². The van der Waals surface area contributed by atoms with E-state index < -0.39 is 0 Å². The quantitative estimate of drug-likeness (QED) is 0.539. The standard InChI is InChI=1S/C27H24ClN3O4/c1-34-23-8-3-2-5-18(23)16-25-26(32)29-22-15-19(9-10-24(22)35-25)27(33)31-13-11-30(12-14-31)21-7-4-6-20(28)17-21/h2-10,15-17H,11-14H2,1H3,(H,29,32)/b25-16+. The third-order valence-electron chi connectivity index (χ3n) is 6.08. The topological polar surface area (TPSA) is 71.1 Å². The van der Waals surface area contributed by atoms with Gasteiger partial charge in [-0.2, -0.15) is 0 Å². The zero-order valence-electron chi connectivity index (χ0n) is 19.2. The molecule has 2 aliphatic rings. The number of ether oxygens (including phenoxy) is 2. The van der Waals surface area contributed by atoms with Gasteiger partial charge in [-0.25, -0.2) is 0 Å². The Hall–Kier alpha value is -3.97. The number of nitrogens with one attached hydrogen (secondary N) is 1. The van der Waals surface area contributed by atoms with Gasteiger partial charge >= 0.3 is 0 Å². The van der Waals surface area contributed by atoms with E-state index in [9.17, 15) is 9.59 Å². The Morgan fingerprint density at radius 1 is 1.03 bits per heavy atom. The van der Waals surface area contributed by atoms with Crippen molar-refractivity contribution >= 4 is 40.9 Å². The summed E-state index contributed by atoms with van der Waals surface area (Å²) in [5, 5.41) is 3.53. The van der Waals surface area contributed by atoms with Crippen molar-refractivity contribution in [3.8, 4) is 11.5 Å². The molecule has 1 N–H and O–H groups in total. The molecule has 1 fully saturated rings. The monoisotopic (exact) mass is 489 g/mol. The summed E-state index contributed by atoms with van der Waals surface area (Å²) in [5.41, 5.74) is 2.75. The van der Waals surface area contributed by atoms with Gasteiger partial charge in [-0.1, -0.05) is 35.9 Å². The maximum Gasteiger partial charge on any atom is 0.291 e. The van der Waals surface area contributed by atoms with E-state index >= 15 is 0 Å². The Morgan fingerprint density at radius 3 is 2.60 bits per heavy atom. The number of nitrogens with zero attached hydrogens (tertiary/aromatic N) is 2. The van der Waals surface area contributed by atoms with Gasteiger partial charge in [0.1, 0.15) is 5.75 Å². The van der Waals surface area contributed by atoms with Gasteiger partial charge in [-0.05, 0) is 48.5 Å². The van der Waals surface area contributed by atoms with Crippen molar-refractivity contribution in [3.05, 3.63) is 88.6 Å². The van der Waals surface area contributed by atoms with Gasteiger partial charge in [0.15, 0.2) is 11.5 Å². The molecule has 2 heterocycles. The summed E-state index contributed by atoms with van der Waals surface area (Å²) in [6.45, 7) is 2.62. The first-order chi connectivity index (χ1) is 17.0. The minimum absolute atomic E-state index is 0.0804. The van der Waals surface area contributed by atoms with Crippen molar-refractivity contribution in [2.45, 2.75) is 0 Å². The molecule has 3 aromatic carbocycles. The maximum atomic E-state index is 13.1. The van der Waals surface area contributed by atoms with Crippen LogP contribution in [0.3, 0.4) is 0 Å². The molecule has 0 unspecified atom stereocenters. The predicted molar refractivity (Wildman–Crippen MR) is 136 cm³/mol. The molecule has 0 aromatic heterocycles. The molecule has 0 radical (unpaired) electrons. The zero-order chi connectivity index (χ0) is 24.4. The largest absolute Gasteiger partial charge is 0.496 e. The van der Waals surface area contributed by atoms with E-state index in [1.54, 1.807) is 31.4 Å². The molecule has 35 heavy (non-hydrogen) atoms. The molecule has 1 saturated heterocycles. The van der Waals surface area contributed by atoms with Gasteiger partial charge in [-0.15, -0.1) is 0 Å². The van der Waals surface area contributed by atoms with Gasteiger partial charge in [0, 0.05) is 48.0 Å². The second-order valence-corrected chi connectivity index (χ2v) is 8.71. The number of hydrogen-bond donors (Lipinski definition) is 1. The SMILES string of the molecule is COc1ccccc1/C=C1/Oc2ccc(C(=O)N3CCN(c4cccc(Cl)c4)CC3)cc2NC1=O. The molecule has 2 amide bonds. The molecule has 7 nitrogen and oxygen atoms in total. The van der Waals surface area contributed by atoms with Crippen LogP contribution in [-0.2, 0) is 4.79 Å². The molecular weight excluding hydrogens is 466 g/mol. The van der Waals surface area contributed by atoms with E-state index in [2.05, 4.69) is 10.2 Å². The Morgan fingerprint density at radius 2 is 1.83 bits per heavy atom. The van der Waals surface area contributed by atoms with Crippen molar-refractivity contribution in [2.24, 2.45) is 0 Å². The summed E-state index contributed by atoms with van der Waals surface area (Å²) in [7, 11) is 1.57. The molecule has 5 rings (SSSR count). The number of carbonyl (C=O) groups excluding carboxylic acids is 2. The molecule has 3 aromatic rings. The van der Waals surface area contributed by atoms with Crippen LogP contribution in [0.15, 0.2) is 72.5 Å². The number of hydrogen-bond acceptors (Lipinski definition) is 5. The summed E-state index contributed by atoms with van der Waals surface area (Å²) in [6, 6.07) is 20.2. The summed E-state index contributed by atoms with van der Waals surface area (Å²) in [6.07, 6.45) is 1.63. The highest BCUT2D eigenvalue weighted by Crippen LogP contribution is 2.33. The summed E-state index contributed by atoms with van der Waals surface area (Å²) in [5.74, 6) is 0.802. The van der Waals surface area contributed by atoms with E-state index in [0.717, 1.165) is 11.3 Å². The predicted octanol–water partition coefficient (Wildman–Crippen LogP) is 4.68. The lowest BCUT2D eigenvalue weighted by atomic mass is 10.1. The molecule has 0 atom stereocenters. The summed E-state index contributed by atoms with van der Waals surface area (Å²) >= 11 is 6.11. The molecule has 0 aliphatic carbocycles. The second-order valence-electron chi connectivity index (χ2n) is 8.28. The number of rotatable bonds is 4. The normalized spacial score (nSPS) is 16.4. The second kappa shape index (κ2) is 9.72. The van der Waals surface area contributed by atoms with Crippen LogP contribution in [0, 0.1) is 0 Å². The number of carbonyl (C=O) groups is 2. The highest BCUT2D eigenvalue weighted by Gasteiger charge is 2.26. The fourth-order valence-electron chi connectivity index (χ4n) is 4.24. The average Bonchev–Trinajstić information content (AvgIpc) is 2.89. The molecule has 8 heteroatoms. The van der Waals surface area contributed by atoms with Crippen LogP contribution >= 0.6 is 11.6 Å². The fraction of sp³-hybridized carbons (Fsp3) is 0.185. The minimum Gasteiger partial charge on any atom is -0.496 e. The maximum absolute atomic E-state index is 13.1. The number of halogens is 1. The fourth-order valence-corrected chi connectivity index (χ4v) is 4.43. The zero-order valence-corrected chi connectivity index (χ0v) is 19.9. The van der Waals surface area contributed by atoms with Crippen LogP contribution < -0.4 is 19.7 Å². The Bertz CT molecular complexity index is 1320. The molecule has 2 aliphatic heterocycles. The summed E-state index contributed by atoms with van der Waals surface area (Å²) in [4.78, 5) is 29.9. The smallest absolute Gasteiger partial charge is 0.291 e. The Kier molecular flexibility index (Phi) is 6.33. The first-order valence-electron chi connectivity index (χ1n) is 11.3. The molecule has 0 saturated carbocycles. The van der Waals surface area contributed by atoms with Crippen molar-refractivity contribution in [2.75, 3.05) is 43.5 Å². The highest BCUT2D eigenvalue weighted by molar-refractivity contribution is 6.30. The van der Waals surface area contributed by atoms with E-state index in [1.165, 1.54) is 0 Å². The van der Waals surface area contributed by atoms with Crippen LogP contribution in [0.2, 0.25) is 5.02 Å². The molecule has 0 bridgehead atoms. The number of piperazine rings is 1. The highest BCUT2D eigenvalue weighted by atomic mass is 35.5. The number of amides is 2. The lowest BCUT2D eigenvalue weighted by molar-refractivity contribution is -0.115. The third-order valence-corrected chi connectivity index (χ3v) is 6.32. The lowest BCUT2D eigenvalue weighted by Gasteiger charge is -2.36. The number of para-hydroxylation sites is 1. The van der Waals surface area contributed by atoms with Gasteiger partial charge in [0.05, 0.1) is 12.8 Å². The average molecular weight is 490 g/mol. The van der Waals surface area contributed by atoms with Crippen molar-refractivity contribution in [1.82, 2.24) is 4.90 Å². The first kappa shape index (κ1) is 22.8. The lowest BCUT2D eigenvalue weighted by Crippen LogP contribution is -2.48. The van der Waals surface area contributed by atoms with Crippen LogP contribution in [-0.4, -0.2) is 50.0 Å². The minimum atomic E-state index is -0.386. The van der Waals surface area contributed by atoms with Gasteiger partial charge in [0.2, 0.25) is 0 Å².